The minimum Gasteiger partial charge on any atom is -0.375 e. The Labute approximate surface area is 108 Å². The first kappa shape index (κ1) is 11.6. The Bertz CT molecular complexity index is 505. The van der Waals surface area contributed by atoms with E-state index in [9.17, 15) is 0 Å². The van der Waals surface area contributed by atoms with E-state index in [4.69, 9.17) is 5.73 Å². The number of halogens is 1. The van der Waals surface area contributed by atoms with Gasteiger partial charge >= 0.3 is 0 Å². The van der Waals surface area contributed by atoms with Crippen molar-refractivity contribution in [2.75, 3.05) is 5.73 Å². The molecule has 16 heavy (non-hydrogen) atoms. The minimum atomic E-state index is -0.113. The highest BCUT2D eigenvalue weighted by molar-refractivity contribution is 9.10. The Balaban J connectivity index is 2.46. The van der Waals surface area contributed by atoms with E-state index < -0.39 is 0 Å². The van der Waals surface area contributed by atoms with Gasteiger partial charge in [0.2, 0.25) is 0 Å². The quantitative estimate of drug-likeness (QED) is 0.915. The van der Waals surface area contributed by atoms with E-state index >= 15 is 0 Å². The van der Waals surface area contributed by atoms with Crippen LogP contribution < -0.4 is 5.73 Å². The van der Waals surface area contributed by atoms with Gasteiger partial charge in [0.15, 0.2) is 5.13 Å². The number of hydrogen-bond donors (Lipinski definition) is 1. The zero-order valence-electron chi connectivity index (χ0n) is 9.20. The number of rotatable bonds is 2. The van der Waals surface area contributed by atoms with E-state index in [-0.39, 0.29) is 5.41 Å². The van der Waals surface area contributed by atoms with Crippen molar-refractivity contribution in [2.24, 2.45) is 0 Å². The molecule has 84 valence electrons. The van der Waals surface area contributed by atoms with Gasteiger partial charge in [0.05, 0.1) is 5.69 Å². The van der Waals surface area contributed by atoms with Crippen molar-refractivity contribution >= 4 is 32.4 Å². The van der Waals surface area contributed by atoms with Crippen molar-refractivity contribution in [1.29, 1.82) is 0 Å². The van der Waals surface area contributed by atoms with Gasteiger partial charge in [-0.3, -0.25) is 0 Å². The van der Waals surface area contributed by atoms with Crippen LogP contribution in [0.1, 0.15) is 25.1 Å². The molecule has 0 aliphatic carbocycles. The fourth-order valence-corrected chi connectivity index (χ4v) is 2.73. The lowest BCUT2D eigenvalue weighted by Gasteiger charge is -2.23. The molecule has 1 aromatic heterocycles. The van der Waals surface area contributed by atoms with Gasteiger partial charge in [-0.25, -0.2) is 4.98 Å². The van der Waals surface area contributed by atoms with Crippen molar-refractivity contribution in [1.82, 2.24) is 4.98 Å². The first-order valence-corrected chi connectivity index (χ1v) is 6.65. The maximum atomic E-state index is 5.68. The predicted molar refractivity (Wildman–Crippen MR) is 72.8 cm³/mol. The van der Waals surface area contributed by atoms with Crippen LogP contribution in [0, 0.1) is 0 Å². The molecule has 2 nitrogen and oxygen atoms in total. The Morgan fingerprint density at radius 1 is 1.38 bits per heavy atom. The molecule has 1 heterocycles. The number of hydrogen-bond acceptors (Lipinski definition) is 3. The van der Waals surface area contributed by atoms with Crippen molar-refractivity contribution < 1.29 is 0 Å². The van der Waals surface area contributed by atoms with Crippen LogP contribution in [-0.2, 0) is 5.41 Å². The molecule has 0 saturated heterocycles. The SMILES string of the molecule is CC(C)(c1cccc(Br)c1)c1csc(N)n1. The Kier molecular flexibility index (Phi) is 3.04. The maximum Gasteiger partial charge on any atom is 0.180 e. The molecule has 0 atom stereocenters. The highest BCUT2D eigenvalue weighted by atomic mass is 79.9. The van der Waals surface area contributed by atoms with Crippen LogP contribution in [0.2, 0.25) is 0 Å². The number of nitrogens with two attached hydrogens (primary N) is 1. The minimum absolute atomic E-state index is 0.113. The smallest absolute Gasteiger partial charge is 0.180 e. The summed E-state index contributed by atoms with van der Waals surface area (Å²) in [7, 11) is 0. The number of benzene rings is 1. The van der Waals surface area contributed by atoms with Crippen LogP contribution in [0.3, 0.4) is 0 Å². The van der Waals surface area contributed by atoms with Gasteiger partial charge < -0.3 is 5.73 Å². The van der Waals surface area contributed by atoms with Crippen molar-refractivity contribution in [3.8, 4) is 0 Å². The lowest BCUT2D eigenvalue weighted by atomic mass is 9.82. The summed E-state index contributed by atoms with van der Waals surface area (Å²) in [6.45, 7) is 4.31. The molecule has 0 unspecified atom stereocenters. The molecule has 0 bridgehead atoms. The average molecular weight is 297 g/mol. The topological polar surface area (TPSA) is 38.9 Å². The summed E-state index contributed by atoms with van der Waals surface area (Å²) >= 11 is 4.97. The summed E-state index contributed by atoms with van der Waals surface area (Å²) in [4.78, 5) is 4.37. The molecular formula is C12H13BrN2S. The zero-order chi connectivity index (χ0) is 11.8. The normalized spacial score (nSPS) is 11.7. The monoisotopic (exact) mass is 296 g/mol. The van der Waals surface area contributed by atoms with Crippen molar-refractivity contribution in [2.45, 2.75) is 19.3 Å². The summed E-state index contributed by atoms with van der Waals surface area (Å²) in [5, 5.41) is 2.65. The summed E-state index contributed by atoms with van der Waals surface area (Å²) in [5.74, 6) is 0. The van der Waals surface area contributed by atoms with Gasteiger partial charge in [-0.1, -0.05) is 41.9 Å². The van der Waals surface area contributed by atoms with Crippen molar-refractivity contribution in [3.05, 3.63) is 45.4 Å². The largest absolute Gasteiger partial charge is 0.375 e. The molecule has 0 saturated carbocycles. The molecule has 0 radical (unpaired) electrons. The Hall–Kier alpha value is -0.870. The molecule has 4 heteroatoms. The van der Waals surface area contributed by atoms with E-state index in [2.05, 4.69) is 46.9 Å². The Morgan fingerprint density at radius 2 is 2.12 bits per heavy atom. The van der Waals surface area contributed by atoms with Crippen molar-refractivity contribution in [3.63, 3.8) is 0 Å². The number of anilines is 1. The fourth-order valence-electron chi connectivity index (χ4n) is 1.60. The van der Waals surface area contributed by atoms with Crippen LogP contribution in [0.25, 0.3) is 0 Å². The van der Waals surface area contributed by atoms with Gasteiger partial charge in [0.25, 0.3) is 0 Å². The number of aromatic nitrogens is 1. The molecule has 0 fully saturated rings. The van der Waals surface area contributed by atoms with Gasteiger partial charge in [-0.15, -0.1) is 11.3 Å². The second-order valence-electron chi connectivity index (χ2n) is 4.21. The van der Waals surface area contributed by atoms with Gasteiger partial charge in [-0.2, -0.15) is 0 Å². The summed E-state index contributed by atoms with van der Waals surface area (Å²) in [6.07, 6.45) is 0. The molecule has 0 aliphatic heterocycles. The molecule has 2 aromatic rings. The first-order chi connectivity index (χ1) is 7.50. The standard InChI is InChI=1S/C12H13BrN2S/c1-12(2,10-7-16-11(14)15-10)8-4-3-5-9(13)6-8/h3-7H,1-2H3,(H2,14,15). The molecule has 0 aliphatic rings. The fraction of sp³-hybridized carbons (Fsp3) is 0.250. The van der Waals surface area contributed by atoms with E-state index in [1.807, 2.05) is 17.5 Å². The third-order valence-electron chi connectivity index (χ3n) is 2.71. The molecule has 0 amide bonds. The number of nitrogens with zero attached hydrogens (tertiary/aromatic N) is 1. The number of nitrogen functional groups attached to an aromatic ring is 1. The van der Waals surface area contributed by atoms with E-state index in [1.165, 1.54) is 16.9 Å². The second-order valence-corrected chi connectivity index (χ2v) is 6.01. The molecular weight excluding hydrogens is 284 g/mol. The van der Waals surface area contributed by atoms with Crippen LogP contribution in [0.4, 0.5) is 5.13 Å². The predicted octanol–water partition coefficient (Wildman–Crippen LogP) is 3.81. The third kappa shape index (κ3) is 2.13. The molecule has 0 spiro atoms. The zero-order valence-corrected chi connectivity index (χ0v) is 11.6. The third-order valence-corrected chi connectivity index (χ3v) is 3.88. The van der Waals surface area contributed by atoms with E-state index in [0.29, 0.717) is 5.13 Å². The highest BCUT2D eigenvalue weighted by Gasteiger charge is 2.25. The number of thiazole rings is 1. The van der Waals surface area contributed by atoms with Gasteiger partial charge in [0, 0.05) is 15.3 Å². The molecule has 2 rings (SSSR count). The summed E-state index contributed by atoms with van der Waals surface area (Å²) < 4.78 is 1.08. The lowest BCUT2D eigenvalue weighted by Crippen LogP contribution is -2.19. The lowest BCUT2D eigenvalue weighted by molar-refractivity contribution is 0.622. The molecule has 2 N–H and O–H groups in total. The highest BCUT2D eigenvalue weighted by Crippen LogP contribution is 2.33. The molecule has 1 aromatic carbocycles. The summed E-state index contributed by atoms with van der Waals surface area (Å²) in [5.41, 5.74) is 7.82. The summed E-state index contributed by atoms with van der Waals surface area (Å²) in [6, 6.07) is 8.29. The van der Waals surface area contributed by atoms with Gasteiger partial charge in [0.1, 0.15) is 0 Å². The van der Waals surface area contributed by atoms with Crippen LogP contribution in [-0.4, -0.2) is 4.98 Å². The van der Waals surface area contributed by atoms with E-state index in [1.54, 1.807) is 0 Å². The van der Waals surface area contributed by atoms with Crippen LogP contribution in [0.5, 0.6) is 0 Å². The first-order valence-electron chi connectivity index (χ1n) is 4.97. The van der Waals surface area contributed by atoms with Gasteiger partial charge in [-0.05, 0) is 17.7 Å². The average Bonchev–Trinajstić information content (AvgIpc) is 2.65. The maximum absolute atomic E-state index is 5.68. The second kappa shape index (κ2) is 4.18. The van der Waals surface area contributed by atoms with E-state index in [0.717, 1.165) is 10.2 Å². The van der Waals surface area contributed by atoms with Crippen LogP contribution >= 0.6 is 27.3 Å². The Morgan fingerprint density at radius 3 is 2.69 bits per heavy atom. The van der Waals surface area contributed by atoms with Crippen LogP contribution in [0.15, 0.2) is 34.1 Å².